The van der Waals surface area contributed by atoms with Gasteiger partial charge in [0.25, 0.3) is 5.91 Å². The average Bonchev–Trinajstić information content (AvgIpc) is 2.80. The van der Waals surface area contributed by atoms with E-state index in [1.165, 1.54) is 5.69 Å². The first-order valence-electron chi connectivity index (χ1n) is 8.58. The minimum Gasteiger partial charge on any atom is -0.366 e. The lowest BCUT2D eigenvalue weighted by atomic mass is 9.98. The number of rotatable bonds is 6. The van der Waals surface area contributed by atoms with E-state index in [0.717, 1.165) is 29.7 Å². The molecule has 130 valence electrons. The van der Waals surface area contributed by atoms with E-state index in [2.05, 4.69) is 32.3 Å². The van der Waals surface area contributed by atoms with Crippen LogP contribution in [0.3, 0.4) is 0 Å². The fraction of sp³-hybridized carbons (Fsp3) is 0.450. The van der Waals surface area contributed by atoms with Crippen LogP contribution in [-0.4, -0.2) is 10.5 Å². The van der Waals surface area contributed by atoms with Crippen LogP contribution in [0, 0.1) is 12.8 Å². The zero-order valence-corrected chi connectivity index (χ0v) is 15.9. The summed E-state index contributed by atoms with van der Waals surface area (Å²) in [4.78, 5) is 12.2. The maximum absolute atomic E-state index is 12.2. The number of halogens is 1. The van der Waals surface area contributed by atoms with Crippen molar-refractivity contribution in [3.8, 4) is 11.1 Å². The molecule has 1 unspecified atom stereocenters. The van der Waals surface area contributed by atoms with Gasteiger partial charge < -0.3 is 10.3 Å². The second kappa shape index (κ2) is 7.43. The molecule has 0 spiro atoms. The van der Waals surface area contributed by atoms with Gasteiger partial charge in [-0.15, -0.1) is 0 Å². The van der Waals surface area contributed by atoms with Crippen LogP contribution in [0.25, 0.3) is 11.1 Å². The van der Waals surface area contributed by atoms with Crippen molar-refractivity contribution in [2.24, 2.45) is 11.7 Å². The number of carbonyl (C=O) groups is 1. The second-order valence-electron chi connectivity index (χ2n) is 6.76. The molecule has 0 aliphatic heterocycles. The molecule has 2 N–H and O–H groups in total. The molecule has 0 saturated carbocycles. The van der Waals surface area contributed by atoms with E-state index in [0.29, 0.717) is 22.5 Å². The van der Waals surface area contributed by atoms with Crippen LogP contribution in [-0.2, 0) is 6.42 Å². The summed E-state index contributed by atoms with van der Waals surface area (Å²) in [5.74, 6) is 0.0926. The molecule has 3 nitrogen and oxygen atoms in total. The van der Waals surface area contributed by atoms with Crippen molar-refractivity contribution in [3.05, 3.63) is 46.2 Å². The zero-order chi connectivity index (χ0) is 18.0. The van der Waals surface area contributed by atoms with Crippen molar-refractivity contribution in [3.63, 3.8) is 0 Å². The Morgan fingerprint density at radius 2 is 1.79 bits per heavy atom. The lowest BCUT2D eigenvalue weighted by Crippen LogP contribution is -2.17. The van der Waals surface area contributed by atoms with E-state index < -0.39 is 0 Å². The molecule has 1 amide bonds. The summed E-state index contributed by atoms with van der Waals surface area (Å²) in [6.07, 6.45) is 1.91. The van der Waals surface area contributed by atoms with Gasteiger partial charge in [0.2, 0.25) is 0 Å². The standard InChI is InChI=1S/C20H27ClN2O/c1-6-7-17-19(15-8-10-16(21)11-9-15)18(20(22)24)14(5)23(17)13(4)12(2)3/h8-13H,6-7H2,1-5H3,(H2,22,24). The maximum Gasteiger partial charge on any atom is 0.251 e. The van der Waals surface area contributed by atoms with Crippen LogP contribution in [0.1, 0.15) is 61.9 Å². The van der Waals surface area contributed by atoms with Crippen LogP contribution < -0.4 is 5.73 Å². The van der Waals surface area contributed by atoms with E-state index in [-0.39, 0.29) is 5.91 Å². The van der Waals surface area contributed by atoms with E-state index in [9.17, 15) is 4.79 Å². The quantitative estimate of drug-likeness (QED) is 0.749. The Labute approximate surface area is 149 Å². The number of benzene rings is 1. The average molecular weight is 347 g/mol. The molecule has 0 radical (unpaired) electrons. The van der Waals surface area contributed by atoms with Crippen molar-refractivity contribution < 1.29 is 4.79 Å². The number of amides is 1. The van der Waals surface area contributed by atoms with Gasteiger partial charge in [0.15, 0.2) is 0 Å². The Balaban J connectivity index is 2.82. The molecule has 0 aliphatic carbocycles. The highest BCUT2D eigenvalue weighted by Gasteiger charge is 2.27. The lowest BCUT2D eigenvalue weighted by Gasteiger charge is -2.23. The third kappa shape index (κ3) is 3.36. The third-order valence-corrected chi connectivity index (χ3v) is 5.04. The molecule has 1 heterocycles. The topological polar surface area (TPSA) is 48.0 Å². The Bertz CT molecular complexity index is 729. The third-order valence-electron chi connectivity index (χ3n) is 4.79. The van der Waals surface area contributed by atoms with Gasteiger partial charge in [0.05, 0.1) is 5.56 Å². The summed E-state index contributed by atoms with van der Waals surface area (Å²) in [5, 5.41) is 0.683. The molecular formula is C20H27ClN2O. The number of carbonyl (C=O) groups excluding carboxylic acids is 1. The van der Waals surface area contributed by atoms with Crippen molar-refractivity contribution in [2.75, 3.05) is 0 Å². The molecular weight excluding hydrogens is 320 g/mol. The van der Waals surface area contributed by atoms with Gasteiger partial charge in [-0.25, -0.2) is 0 Å². The molecule has 2 rings (SSSR count). The summed E-state index contributed by atoms with van der Waals surface area (Å²) in [6.45, 7) is 10.8. The largest absolute Gasteiger partial charge is 0.366 e. The summed E-state index contributed by atoms with van der Waals surface area (Å²) >= 11 is 6.03. The minimum atomic E-state index is -0.371. The molecule has 0 bridgehead atoms. The van der Waals surface area contributed by atoms with Gasteiger partial charge >= 0.3 is 0 Å². The van der Waals surface area contributed by atoms with Crippen LogP contribution in [0.2, 0.25) is 5.02 Å². The number of nitrogens with zero attached hydrogens (tertiary/aromatic N) is 1. The highest BCUT2D eigenvalue weighted by Crippen LogP contribution is 2.37. The van der Waals surface area contributed by atoms with Crippen LogP contribution in [0.4, 0.5) is 0 Å². The van der Waals surface area contributed by atoms with E-state index in [1.54, 1.807) is 0 Å². The molecule has 24 heavy (non-hydrogen) atoms. The Kier molecular flexibility index (Phi) is 5.76. The Hall–Kier alpha value is -1.74. The van der Waals surface area contributed by atoms with Crippen molar-refractivity contribution in [2.45, 2.75) is 53.5 Å². The Morgan fingerprint density at radius 1 is 1.21 bits per heavy atom. The lowest BCUT2D eigenvalue weighted by molar-refractivity contribution is 0.1000. The highest BCUT2D eigenvalue weighted by atomic mass is 35.5. The van der Waals surface area contributed by atoms with Gasteiger partial charge in [-0.1, -0.05) is 50.9 Å². The molecule has 2 aromatic rings. The molecule has 0 aliphatic rings. The second-order valence-corrected chi connectivity index (χ2v) is 7.19. The summed E-state index contributed by atoms with van der Waals surface area (Å²) < 4.78 is 2.30. The van der Waals surface area contributed by atoms with E-state index in [1.807, 2.05) is 31.2 Å². The Morgan fingerprint density at radius 3 is 2.25 bits per heavy atom. The molecule has 4 heteroatoms. The predicted octanol–water partition coefficient (Wildman–Crippen LogP) is 5.39. The smallest absolute Gasteiger partial charge is 0.251 e. The summed E-state index contributed by atoms with van der Waals surface area (Å²) in [6, 6.07) is 7.94. The van der Waals surface area contributed by atoms with Gasteiger partial charge in [-0.3, -0.25) is 4.79 Å². The summed E-state index contributed by atoms with van der Waals surface area (Å²) in [5.41, 5.74) is 10.5. The monoisotopic (exact) mass is 346 g/mol. The van der Waals surface area contributed by atoms with Crippen LogP contribution in [0.5, 0.6) is 0 Å². The zero-order valence-electron chi connectivity index (χ0n) is 15.2. The first-order chi connectivity index (χ1) is 11.3. The predicted molar refractivity (Wildman–Crippen MR) is 102 cm³/mol. The maximum atomic E-state index is 12.2. The fourth-order valence-electron chi connectivity index (χ4n) is 3.33. The van der Waals surface area contributed by atoms with Crippen molar-refractivity contribution in [1.29, 1.82) is 0 Å². The van der Waals surface area contributed by atoms with Crippen molar-refractivity contribution >= 4 is 17.5 Å². The van der Waals surface area contributed by atoms with Crippen molar-refractivity contribution in [1.82, 2.24) is 4.57 Å². The normalized spacial score (nSPS) is 12.6. The fourth-order valence-corrected chi connectivity index (χ4v) is 3.46. The SMILES string of the molecule is CCCc1c(-c2ccc(Cl)cc2)c(C(N)=O)c(C)n1C(C)C(C)C. The van der Waals surface area contributed by atoms with E-state index in [4.69, 9.17) is 17.3 Å². The van der Waals surface area contributed by atoms with Gasteiger partial charge in [0.1, 0.15) is 0 Å². The highest BCUT2D eigenvalue weighted by molar-refractivity contribution is 6.30. The molecule has 0 saturated heterocycles. The van der Waals surface area contributed by atoms with Crippen LogP contribution in [0.15, 0.2) is 24.3 Å². The molecule has 1 aromatic carbocycles. The number of hydrogen-bond donors (Lipinski definition) is 1. The first kappa shape index (κ1) is 18.6. The van der Waals surface area contributed by atoms with Gasteiger partial charge in [-0.05, 0) is 43.9 Å². The molecule has 0 fully saturated rings. The first-order valence-corrected chi connectivity index (χ1v) is 8.96. The number of primary amides is 1. The van der Waals surface area contributed by atoms with Crippen LogP contribution >= 0.6 is 11.6 Å². The number of aromatic nitrogens is 1. The molecule has 1 aromatic heterocycles. The van der Waals surface area contributed by atoms with Gasteiger partial charge in [-0.2, -0.15) is 0 Å². The molecule has 1 atom stereocenters. The van der Waals surface area contributed by atoms with E-state index >= 15 is 0 Å². The number of hydrogen-bond acceptors (Lipinski definition) is 1. The minimum absolute atomic E-state index is 0.297. The summed E-state index contributed by atoms with van der Waals surface area (Å²) in [7, 11) is 0. The number of nitrogens with two attached hydrogens (primary N) is 1. The van der Waals surface area contributed by atoms with Gasteiger partial charge in [0, 0.05) is 28.0 Å².